The van der Waals surface area contributed by atoms with Gasteiger partial charge in [0.15, 0.2) is 11.0 Å². The lowest BCUT2D eigenvalue weighted by Gasteiger charge is -2.43. The normalized spacial score (nSPS) is 16.4. The monoisotopic (exact) mass is 361 g/mol. The molecular formula is C17H20ClN5O2. The van der Waals surface area contributed by atoms with E-state index in [9.17, 15) is 4.79 Å². The minimum atomic E-state index is -1.01. The van der Waals surface area contributed by atoms with E-state index < -0.39 is 6.09 Å². The molecule has 8 heteroatoms. The Morgan fingerprint density at radius 3 is 2.60 bits per heavy atom. The number of hydrogen-bond donors (Lipinski definition) is 3. The number of benzene rings is 1. The standard InChI is InChI=1S/C17H20ClN5O2/c18-14-10-13(15(19)22-21-14)23-8-6-17(7-9-23,11-20-16(24)25)12-4-2-1-3-5-12/h1-5,10,20H,6-9,11H2,(H2,19,22)(H,24,25). The van der Waals surface area contributed by atoms with Crippen LogP contribution in [-0.2, 0) is 5.41 Å². The number of nitrogens with two attached hydrogens (primary N) is 1. The molecule has 1 fully saturated rings. The maximum absolute atomic E-state index is 11.0. The van der Waals surface area contributed by atoms with Crippen molar-refractivity contribution in [2.24, 2.45) is 0 Å². The number of hydrogen-bond acceptors (Lipinski definition) is 5. The van der Waals surface area contributed by atoms with E-state index in [1.165, 1.54) is 0 Å². The molecule has 0 saturated carbocycles. The number of halogens is 1. The molecule has 3 rings (SSSR count). The predicted molar refractivity (Wildman–Crippen MR) is 97.0 cm³/mol. The van der Waals surface area contributed by atoms with Crippen LogP contribution in [0.3, 0.4) is 0 Å². The first-order chi connectivity index (χ1) is 12.0. The van der Waals surface area contributed by atoms with E-state index in [4.69, 9.17) is 22.4 Å². The number of rotatable bonds is 4. The fraction of sp³-hybridized carbons (Fsp3) is 0.353. The van der Waals surface area contributed by atoms with Gasteiger partial charge in [-0.1, -0.05) is 41.9 Å². The molecule has 0 unspecified atom stereocenters. The van der Waals surface area contributed by atoms with Crippen LogP contribution in [0, 0.1) is 0 Å². The van der Waals surface area contributed by atoms with Gasteiger partial charge in [0, 0.05) is 31.1 Å². The predicted octanol–water partition coefficient (Wildman–Crippen LogP) is 2.52. The van der Waals surface area contributed by atoms with Crippen molar-refractivity contribution >= 4 is 29.2 Å². The Labute approximate surface area is 150 Å². The second-order valence-corrected chi connectivity index (χ2v) is 6.62. The summed E-state index contributed by atoms with van der Waals surface area (Å²) in [4.78, 5) is 13.1. The highest BCUT2D eigenvalue weighted by atomic mass is 35.5. The van der Waals surface area contributed by atoms with E-state index in [1.807, 2.05) is 18.2 Å². The molecule has 25 heavy (non-hydrogen) atoms. The van der Waals surface area contributed by atoms with Crippen molar-refractivity contribution in [1.82, 2.24) is 15.5 Å². The Balaban J connectivity index is 1.82. The van der Waals surface area contributed by atoms with Crippen LogP contribution in [0.1, 0.15) is 18.4 Å². The van der Waals surface area contributed by atoms with E-state index in [1.54, 1.807) is 6.07 Å². The molecule has 0 atom stereocenters. The van der Waals surface area contributed by atoms with E-state index >= 15 is 0 Å². The SMILES string of the molecule is Nc1nnc(Cl)cc1N1CCC(CNC(=O)O)(c2ccccc2)CC1. The molecule has 2 heterocycles. The number of nitrogens with zero attached hydrogens (tertiary/aromatic N) is 3. The highest BCUT2D eigenvalue weighted by molar-refractivity contribution is 6.29. The molecule has 7 nitrogen and oxygen atoms in total. The van der Waals surface area contributed by atoms with Gasteiger partial charge in [-0.25, -0.2) is 4.79 Å². The van der Waals surface area contributed by atoms with Crippen LogP contribution in [0.5, 0.6) is 0 Å². The summed E-state index contributed by atoms with van der Waals surface area (Å²) in [5.74, 6) is 0.347. The number of nitrogen functional groups attached to an aromatic ring is 1. The maximum atomic E-state index is 11.0. The summed E-state index contributed by atoms with van der Waals surface area (Å²) >= 11 is 5.94. The highest BCUT2D eigenvalue weighted by Gasteiger charge is 2.37. The summed E-state index contributed by atoms with van der Waals surface area (Å²) < 4.78 is 0. The summed E-state index contributed by atoms with van der Waals surface area (Å²) in [6.45, 7) is 1.83. The van der Waals surface area contributed by atoms with Gasteiger partial charge in [-0.2, -0.15) is 0 Å². The van der Waals surface area contributed by atoms with Gasteiger partial charge < -0.3 is 21.1 Å². The van der Waals surface area contributed by atoms with Gasteiger partial charge in [0.1, 0.15) is 0 Å². The van der Waals surface area contributed by atoms with Crippen LogP contribution in [0.2, 0.25) is 5.15 Å². The lowest BCUT2D eigenvalue weighted by atomic mass is 9.72. The zero-order valence-corrected chi connectivity index (χ0v) is 14.4. The van der Waals surface area contributed by atoms with Crippen molar-refractivity contribution in [3.05, 3.63) is 47.1 Å². The summed E-state index contributed by atoms with van der Waals surface area (Å²) in [5.41, 5.74) is 7.60. The first-order valence-electron chi connectivity index (χ1n) is 8.06. The van der Waals surface area contributed by atoms with Gasteiger partial charge in [-0.15, -0.1) is 10.2 Å². The molecule has 2 aromatic rings. The molecule has 132 valence electrons. The Bertz CT molecular complexity index is 748. The third-order valence-electron chi connectivity index (χ3n) is 4.80. The molecule has 1 saturated heterocycles. The number of anilines is 2. The molecule has 1 aromatic heterocycles. The van der Waals surface area contributed by atoms with Crippen molar-refractivity contribution < 1.29 is 9.90 Å². The van der Waals surface area contributed by atoms with Crippen LogP contribution in [0.25, 0.3) is 0 Å². The zero-order chi connectivity index (χ0) is 17.9. The van der Waals surface area contributed by atoms with Gasteiger partial charge >= 0.3 is 6.09 Å². The van der Waals surface area contributed by atoms with Crippen molar-refractivity contribution in [2.75, 3.05) is 30.3 Å². The topological polar surface area (TPSA) is 104 Å². The third kappa shape index (κ3) is 3.76. The fourth-order valence-corrected chi connectivity index (χ4v) is 3.54. The number of carboxylic acid groups (broad SMARTS) is 1. The van der Waals surface area contributed by atoms with E-state index in [2.05, 4.69) is 32.5 Å². The minimum absolute atomic E-state index is 0.241. The number of piperidine rings is 1. The maximum Gasteiger partial charge on any atom is 0.404 e. The second kappa shape index (κ2) is 7.14. The molecule has 0 spiro atoms. The average Bonchev–Trinajstić information content (AvgIpc) is 2.63. The number of amides is 1. The number of carbonyl (C=O) groups is 1. The minimum Gasteiger partial charge on any atom is -0.465 e. The van der Waals surface area contributed by atoms with Crippen LogP contribution in [-0.4, -0.2) is 41.0 Å². The second-order valence-electron chi connectivity index (χ2n) is 6.23. The highest BCUT2D eigenvalue weighted by Crippen LogP contribution is 2.37. The van der Waals surface area contributed by atoms with Crippen molar-refractivity contribution in [1.29, 1.82) is 0 Å². The first kappa shape index (κ1) is 17.3. The van der Waals surface area contributed by atoms with Crippen molar-refractivity contribution in [2.45, 2.75) is 18.3 Å². The fourth-order valence-electron chi connectivity index (χ4n) is 3.40. The van der Waals surface area contributed by atoms with Crippen LogP contribution < -0.4 is 16.0 Å². The molecule has 1 aromatic carbocycles. The van der Waals surface area contributed by atoms with Crippen LogP contribution in [0.4, 0.5) is 16.3 Å². The Kier molecular flexibility index (Phi) is 4.94. The number of aromatic nitrogens is 2. The van der Waals surface area contributed by atoms with E-state index in [0.29, 0.717) is 17.5 Å². The van der Waals surface area contributed by atoms with Crippen molar-refractivity contribution in [3.8, 4) is 0 Å². The lowest BCUT2D eigenvalue weighted by molar-refractivity contribution is 0.188. The molecular weight excluding hydrogens is 342 g/mol. The lowest BCUT2D eigenvalue weighted by Crippen LogP contribution is -2.49. The van der Waals surface area contributed by atoms with Crippen LogP contribution >= 0.6 is 11.6 Å². The average molecular weight is 362 g/mol. The smallest absolute Gasteiger partial charge is 0.404 e. The van der Waals surface area contributed by atoms with E-state index in [-0.39, 0.29) is 5.41 Å². The van der Waals surface area contributed by atoms with Gasteiger partial charge in [0.25, 0.3) is 0 Å². The van der Waals surface area contributed by atoms with Gasteiger partial charge in [-0.05, 0) is 18.4 Å². The summed E-state index contributed by atoms with van der Waals surface area (Å²) in [5, 5.41) is 19.5. The summed E-state index contributed by atoms with van der Waals surface area (Å²) in [6, 6.07) is 11.7. The largest absolute Gasteiger partial charge is 0.465 e. The third-order valence-corrected chi connectivity index (χ3v) is 4.98. The first-order valence-corrected chi connectivity index (χ1v) is 8.44. The molecule has 1 aliphatic rings. The van der Waals surface area contributed by atoms with Gasteiger partial charge in [-0.3, -0.25) is 0 Å². The van der Waals surface area contributed by atoms with Crippen LogP contribution in [0.15, 0.2) is 36.4 Å². The Hall–Kier alpha value is -2.54. The summed E-state index contributed by atoms with van der Waals surface area (Å²) in [6.07, 6.45) is 0.569. The van der Waals surface area contributed by atoms with E-state index in [0.717, 1.165) is 37.2 Å². The molecule has 0 radical (unpaired) electrons. The molecule has 0 aliphatic carbocycles. The molecule has 4 N–H and O–H groups in total. The Morgan fingerprint density at radius 1 is 1.28 bits per heavy atom. The van der Waals surface area contributed by atoms with Gasteiger partial charge in [0.2, 0.25) is 0 Å². The number of nitrogens with one attached hydrogen (secondary N) is 1. The molecule has 1 amide bonds. The summed E-state index contributed by atoms with van der Waals surface area (Å²) in [7, 11) is 0. The van der Waals surface area contributed by atoms with Crippen molar-refractivity contribution in [3.63, 3.8) is 0 Å². The van der Waals surface area contributed by atoms with Gasteiger partial charge in [0.05, 0.1) is 5.69 Å². The Morgan fingerprint density at radius 2 is 1.96 bits per heavy atom. The quantitative estimate of drug-likeness (QED) is 0.773. The zero-order valence-electron chi connectivity index (χ0n) is 13.7. The molecule has 0 bridgehead atoms. The molecule has 1 aliphatic heterocycles.